The van der Waals surface area contributed by atoms with Gasteiger partial charge in [-0.15, -0.1) is 0 Å². The summed E-state index contributed by atoms with van der Waals surface area (Å²) in [4.78, 5) is 24.9. The first-order chi connectivity index (χ1) is 15.2. The maximum Gasteiger partial charge on any atom is 0.257 e. The summed E-state index contributed by atoms with van der Waals surface area (Å²) < 4.78 is 0. The summed E-state index contributed by atoms with van der Waals surface area (Å²) in [7, 11) is 0. The first-order valence-electron chi connectivity index (χ1n) is 10.2. The SMILES string of the molecule is [NH3+]Cc1ccc(-c2nc3c(-c4cccnc4)c[nH]c(=O)c3cc2-c2ccccc2)cc1. The van der Waals surface area contributed by atoms with Crippen LogP contribution < -0.4 is 11.3 Å². The van der Waals surface area contributed by atoms with Crippen LogP contribution in [0.1, 0.15) is 5.56 Å². The maximum absolute atomic E-state index is 12.8. The fourth-order valence-corrected chi connectivity index (χ4v) is 3.80. The quantitative estimate of drug-likeness (QED) is 0.473. The number of H-pyrrole nitrogens is 1. The lowest BCUT2D eigenvalue weighted by atomic mass is 9.96. The molecule has 4 N–H and O–H groups in total. The zero-order valence-electron chi connectivity index (χ0n) is 16.9. The molecule has 0 atom stereocenters. The molecule has 0 radical (unpaired) electrons. The molecule has 5 nitrogen and oxygen atoms in total. The molecule has 0 amide bonds. The van der Waals surface area contributed by atoms with Crippen LogP contribution in [0.4, 0.5) is 0 Å². The first-order valence-corrected chi connectivity index (χ1v) is 10.2. The standard InChI is InChI=1S/C26H20N4O/c27-14-17-8-10-19(11-9-17)24-21(18-5-2-1-3-6-18)13-22-25(30-24)23(16-29-26(22)31)20-7-4-12-28-15-20/h1-13,15-16H,14,27H2,(H,29,31)/p+1. The highest BCUT2D eigenvalue weighted by Gasteiger charge is 2.16. The van der Waals surface area contributed by atoms with Gasteiger partial charge in [-0.25, -0.2) is 4.98 Å². The van der Waals surface area contributed by atoms with Gasteiger partial charge in [-0.05, 0) is 17.7 Å². The van der Waals surface area contributed by atoms with Gasteiger partial charge >= 0.3 is 0 Å². The number of aromatic nitrogens is 3. The fraction of sp³-hybridized carbons (Fsp3) is 0.0385. The van der Waals surface area contributed by atoms with Gasteiger partial charge in [0.15, 0.2) is 0 Å². The molecule has 150 valence electrons. The van der Waals surface area contributed by atoms with Crippen LogP contribution in [0, 0.1) is 0 Å². The van der Waals surface area contributed by atoms with Crippen LogP contribution in [-0.4, -0.2) is 15.0 Å². The van der Waals surface area contributed by atoms with E-state index in [-0.39, 0.29) is 5.56 Å². The van der Waals surface area contributed by atoms with Gasteiger partial charge in [-0.2, -0.15) is 0 Å². The van der Waals surface area contributed by atoms with E-state index in [1.54, 1.807) is 18.6 Å². The Morgan fingerprint density at radius 1 is 0.839 bits per heavy atom. The van der Waals surface area contributed by atoms with Crippen LogP contribution in [0.3, 0.4) is 0 Å². The van der Waals surface area contributed by atoms with Gasteiger partial charge in [0, 0.05) is 46.4 Å². The zero-order chi connectivity index (χ0) is 21.2. The lowest BCUT2D eigenvalue weighted by Crippen LogP contribution is -2.47. The Bertz CT molecular complexity index is 1410. The van der Waals surface area contributed by atoms with Crippen LogP contribution in [0.25, 0.3) is 44.4 Å². The van der Waals surface area contributed by atoms with E-state index in [4.69, 9.17) is 4.98 Å². The number of pyridine rings is 3. The lowest BCUT2D eigenvalue weighted by molar-refractivity contribution is -0.386. The number of rotatable bonds is 4. The van der Waals surface area contributed by atoms with Crippen molar-refractivity contribution in [1.82, 2.24) is 15.0 Å². The molecule has 2 aromatic carbocycles. The monoisotopic (exact) mass is 405 g/mol. The molecule has 5 rings (SSSR count). The molecule has 5 heteroatoms. The molecule has 0 saturated carbocycles. The van der Waals surface area contributed by atoms with Crippen molar-refractivity contribution in [3.05, 3.63) is 107 Å². The third kappa shape index (κ3) is 3.52. The third-order valence-corrected chi connectivity index (χ3v) is 5.44. The Kier molecular flexibility index (Phi) is 4.86. The summed E-state index contributed by atoms with van der Waals surface area (Å²) in [5.74, 6) is 0. The van der Waals surface area contributed by atoms with Crippen LogP contribution >= 0.6 is 0 Å². The minimum Gasteiger partial charge on any atom is -0.354 e. The van der Waals surface area contributed by atoms with E-state index < -0.39 is 0 Å². The van der Waals surface area contributed by atoms with E-state index in [0.29, 0.717) is 10.9 Å². The fourth-order valence-electron chi connectivity index (χ4n) is 3.80. The predicted molar refractivity (Wildman–Crippen MR) is 123 cm³/mol. The number of benzene rings is 2. The topological polar surface area (TPSA) is 86.3 Å². The average molecular weight is 405 g/mol. The highest BCUT2D eigenvalue weighted by atomic mass is 16.1. The first kappa shape index (κ1) is 18.9. The maximum atomic E-state index is 12.8. The Morgan fingerprint density at radius 3 is 2.32 bits per heavy atom. The zero-order valence-corrected chi connectivity index (χ0v) is 16.9. The molecule has 5 aromatic rings. The second-order valence-corrected chi connectivity index (χ2v) is 7.37. The van der Waals surface area contributed by atoms with Crippen molar-refractivity contribution in [1.29, 1.82) is 0 Å². The summed E-state index contributed by atoms with van der Waals surface area (Å²) in [6.07, 6.45) is 5.23. The van der Waals surface area contributed by atoms with E-state index in [9.17, 15) is 4.79 Å². The number of hydrogen-bond donors (Lipinski definition) is 2. The molecule has 0 bridgehead atoms. The smallest absolute Gasteiger partial charge is 0.257 e. The largest absolute Gasteiger partial charge is 0.354 e. The third-order valence-electron chi connectivity index (χ3n) is 5.44. The van der Waals surface area contributed by atoms with Crippen molar-refractivity contribution in [2.75, 3.05) is 0 Å². The highest BCUT2D eigenvalue weighted by molar-refractivity contribution is 5.98. The molecule has 0 aliphatic carbocycles. The van der Waals surface area contributed by atoms with E-state index in [1.807, 2.05) is 48.5 Å². The molecule has 0 fully saturated rings. The molecule has 0 aliphatic rings. The van der Waals surface area contributed by atoms with Crippen molar-refractivity contribution >= 4 is 10.9 Å². The second kappa shape index (κ2) is 7.97. The number of hydrogen-bond acceptors (Lipinski definition) is 3. The van der Waals surface area contributed by atoms with Gasteiger partial charge in [0.2, 0.25) is 0 Å². The minimum absolute atomic E-state index is 0.161. The Hall–Kier alpha value is -4.09. The van der Waals surface area contributed by atoms with Crippen molar-refractivity contribution in [3.8, 4) is 33.5 Å². The van der Waals surface area contributed by atoms with Gasteiger partial charge in [0.25, 0.3) is 5.56 Å². The summed E-state index contributed by atoms with van der Waals surface area (Å²) in [5, 5.41) is 0.554. The number of nitrogens with zero attached hydrogens (tertiary/aromatic N) is 2. The minimum atomic E-state index is -0.161. The highest BCUT2D eigenvalue weighted by Crippen LogP contribution is 2.35. The van der Waals surface area contributed by atoms with Gasteiger partial charge < -0.3 is 10.7 Å². The Labute approximate surface area is 179 Å². The summed E-state index contributed by atoms with van der Waals surface area (Å²) >= 11 is 0. The van der Waals surface area contributed by atoms with Crippen molar-refractivity contribution in [2.45, 2.75) is 6.54 Å². The van der Waals surface area contributed by atoms with Crippen LogP contribution in [-0.2, 0) is 6.54 Å². The molecular weight excluding hydrogens is 384 g/mol. The average Bonchev–Trinajstić information content (AvgIpc) is 2.85. The van der Waals surface area contributed by atoms with Crippen LogP contribution in [0.5, 0.6) is 0 Å². The van der Waals surface area contributed by atoms with E-state index >= 15 is 0 Å². The van der Waals surface area contributed by atoms with Gasteiger partial charge in [0.1, 0.15) is 0 Å². The van der Waals surface area contributed by atoms with Crippen LogP contribution in [0.2, 0.25) is 0 Å². The molecule has 3 aromatic heterocycles. The van der Waals surface area contributed by atoms with E-state index in [1.165, 1.54) is 5.56 Å². The Morgan fingerprint density at radius 2 is 1.61 bits per heavy atom. The molecule has 0 aliphatic heterocycles. The van der Waals surface area contributed by atoms with Crippen LogP contribution in [0.15, 0.2) is 96.2 Å². The summed E-state index contributed by atoms with van der Waals surface area (Å²) in [5.41, 5.74) is 11.1. The van der Waals surface area contributed by atoms with E-state index in [2.05, 4.69) is 40.0 Å². The molecule has 31 heavy (non-hydrogen) atoms. The number of fused-ring (bicyclic) bond motifs is 1. The van der Waals surface area contributed by atoms with Gasteiger partial charge in [0.05, 0.1) is 23.1 Å². The van der Waals surface area contributed by atoms with Crippen molar-refractivity contribution in [3.63, 3.8) is 0 Å². The Balaban J connectivity index is 1.84. The number of quaternary nitrogens is 1. The van der Waals surface area contributed by atoms with Crippen molar-refractivity contribution in [2.24, 2.45) is 0 Å². The predicted octanol–water partition coefficient (Wildman–Crippen LogP) is 4.06. The number of nitrogens with one attached hydrogen (secondary N) is 1. The molecular formula is C26H21N4O+. The second-order valence-electron chi connectivity index (χ2n) is 7.37. The van der Waals surface area contributed by atoms with E-state index in [0.717, 1.165) is 40.1 Å². The van der Waals surface area contributed by atoms with Crippen molar-refractivity contribution < 1.29 is 5.73 Å². The van der Waals surface area contributed by atoms with Gasteiger partial charge in [-0.1, -0.05) is 60.7 Å². The normalized spacial score (nSPS) is 11.0. The molecule has 0 unspecified atom stereocenters. The van der Waals surface area contributed by atoms with Gasteiger partial charge in [-0.3, -0.25) is 9.78 Å². The molecule has 0 spiro atoms. The molecule has 3 heterocycles. The molecule has 0 saturated heterocycles. The summed E-state index contributed by atoms with van der Waals surface area (Å²) in [6.45, 7) is 0.734. The lowest BCUT2D eigenvalue weighted by Gasteiger charge is -2.13. The number of aromatic amines is 1. The summed E-state index contributed by atoms with van der Waals surface area (Å²) in [6, 6.07) is 24.1.